The first-order chi connectivity index (χ1) is 20.6. The Balaban J connectivity index is 0.00000220. The highest BCUT2D eigenvalue weighted by molar-refractivity contribution is 14.1. The van der Waals surface area contributed by atoms with Crippen LogP contribution >= 0.6 is 22.6 Å². The molecular formula is C36H51IO6Si. The van der Waals surface area contributed by atoms with Crippen LogP contribution in [-0.4, -0.2) is 57.3 Å². The molecule has 6 nitrogen and oxygen atoms in total. The van der Waals surface area contributed by atoms with Gasteiger partial charge in [-0.3, -0.25) is 4.79 Å². The molecule has 1 aliphatic rings. The van der Waals surface area contributed by atoms with Crippen LogP contribution in [0, 0.1) is 5.92 Å². The van der Waals surface area contributed by atoms with Crippen LogP contribution in [0.1, 0.15) is 54.5 Å². The van der Waals surface area contributed by atoms with Gasteiger partial charge in [-0.15, -0.1) is 0 Å². The van der Waals surface area contributed by atoms with Gasteiger partial charge in [-0.25, -0.2) is 0 Å². The lowest BCUT2D eigenvalue weighted by Crippen LogP contribution is -2.68. The maximum atomic E-state index is 12.4. The minimum Gasteiger partial charge on any atom is -0.497 e. The number of hydrogen-bond donors (Lipinski definition) is 0. The van der Waals surface area contributed by atoms with E-state index in [0.29, 0.717) is 6.61 Å². The molecule has 3 aromatic rings. The van der Waals surface area contributed by atoms with Crippen LogP contribution in [0.2, 0.25) is 5.04 Å². The molecule has 0 aromatic heterocycles. The molecule has 5 atom stereocenters. The van der Waals surface area contributed by atoms with Crippen molar-refractivity contribution in [3.63, 3.8) is 0 Å². The third-order valence-corrected chi connectivity index (χ3v) is 13.1. The fourth-order valence-corrected chi connectivity index (χ4v) is 10.4. The van der Waals surface area contributed by atoms with Gasteiger partial charge in [-0.05, 0) is 45.0 Å². The SMILES string of the molecule is C.CI.COc1ccc(COC2C(C)[C@H](C)OC(CO[Si](c3ccccc3)(c3ccccc3)C(C)(C)C)[C@H]2OC(C)=O)cc1. The number of alkyl halides is 1. The molecule has 0 radical (unpaired) electrons. The first kappa shape index (κ1) is 37.9. The third-order valence-electron chi connectivity index (χ3n) is 8.12. The molecule has 242 valence electrons. The molecule has 0 spiro atoms. The van der Waals surface area contributed by atoms with E-state index in [4.69, 9.17) is 23.4 Å². The molecule has 0 bridgehead atoms. The quantitative estimate of drug-likeness (QED) is 0.0951. The monoisotopic (exact) mass is 734 g/mol. The third kappa shape index (κ3) is 8.93. The van der Waals surface area contributed by atoms with Gasteiger partial charge in [-0.2, -0.15) is 0 Å². The number of methoxy groups -OCH3 is 1. The van der Waals surface area contributed by atoms with Gasteiger partial charge in [-0.1, -0.05) is 131 Å². The van der Waals surface area contributed by atoms with E-state index in [9.17, 15) is 4.79 Å². The van der Waals surface area contributed by atoms with Crippen molar-refractivity contribution in [2.75, 3.05) is 18.6 Å². The van der Waals surface area contributed by atoms with Crippen LogP contribution in [-0.2, 0) is 30.0 Å². The molecule has 1 aliphatic heterocycles. The van der Waals surface area contributed by atoms with Crippen LogP contribution in [0.5, 0.6) is 5.75 Å². The molecule has 1 saturated heterocycles. The van der Waals surface area contributed by atoms with Crippen LogP contribution in [0.15, 0.2) is 84.9 Å². The van der Waals surface area contributed by atoms with Gasteiger partial charge >= 0.3 is 5.97 Å². The van der Waals surface area contributed by atoms with Crippen molar-refractivity contribution in [3.05, 3.63) is 90.5 Å². The minimum atomic E-state index is -2.82. The molecule has 44 heavy (non-hydrogen) atoms. The Kier molecular flexibility index (Phi) is 15.0. The Morgan fingerprint density at radius 1 is 0.864 bits per heavy atom. The first-order valence-corrected chi connectivity index (χ1v) is 18.8. The van der Waals surface area contributed by atoms with E-state index in [2.05, 4.69) is 98.8 Å². The molecular weight excluding hydrogens is 683 g/mol. The smallest absolute Gasteiger partial charge is 0.303 e. The second-order valence-electron chi connectivity index (χ2n) is 11.9. The number of ether oxygens (including phenoxy) is 4. The normalized spacial score (nSPS) is 21.7. The molecule has 0 amide bonds. The summed E-state index contributed by atoms with van der Waals surface area (Å²) >= 11 is 2.15. The van der Waals surface area contributed by atoms with Crippen molar-refractivity contribution >= 4 is 47.3 Å². The zero-order valence-electron chi connectivity index (χ0n) is 26.7. The van der Waals surface area contributed by atoms with Crippen molar-refractivity contribution in [1.29, 1.82) is 0 Å². The molecule has 4 rings (SSSR count). The summed E-state index contributed by atoms with van der Waals surface area (Å²) in [6, 6.07) is 28.8. The zero-order valence-corrected chi connectivity index (χ0v) is 29.9. The van der Waals surface area contributed by atoms with Gasteiger partial charge in [0.2, 0.25) is 0 Å². The van der Waals surface area contributed by atoms with E-state index in [0.717, 1.165) is 11.3 Å². The maximum absolute atomic E-state index is 12.4. The highest BCUT2D eigenvalue weighted by Gasteiger charge is 2.52. The summed E-state index contributed by atoms with van der Waals surface area (Å²) in [6.07, 6.45) is -1.59. The molecule has 3 unspecified atom stereocenters. The zero-order chi connectivity index (χ0) is 31.6. The van der Waals surface area contributed by atoms with Crippen LogP contribution in [0.3, 0.4) is 0 Å². The van der Waals surface area contributed by atoms with E-state index in [-0.39, 0.29) is 43.2 Å². The summed E-state index contributed by atoms with van der Waals surface area (Å²) in [4.78, 5) is 14.3. The van der Waals surface area contributed by atoms with E-state index < -0.39 is 20.5 Å². The van der Waals surface area contributed by atoms with Crippen molar-refractivity contribution in [1.82, 2.24) is 0 Å². The van der Waals surface area contributed by atoms with E-state index >= 15 is 0 Å². The second-order valence-corrected chi connectivity index (χ2v) is 16.2. The molecule has 0 saturated carbocycles. The number of benzene rings is 3. The predicted octanol–water partition coefficient (Wildman–Crippen LogP) is 7.20. The fourth-order valence-electron chi connectivity index (χ4n) is 5.85. The van der Waals surface area contributed by atoms with E-state index in [1.807, 2.05) is 48.3 Å². The topological polar surface area (TPSA) is 63.2 Å². The predicted molar refractivity (Wildman–Crippen MR) is 191 cm³/mol. The van der Waals surface area contributed by atoms with Crippen molar-refractivity contribution in [2.45, 2.75) is 85.0 Å². The van der Waals surface area contributed by atoms with E-state index in [1.54, 1.807) is 7.11 Å². The Morgan fingerprint density at radius 2 is 1.39 bits per heavy atom. The molecule has 3 aromatic carbocycles. The number of carbonyl (C=O) groups is 1. The van der Waals surface area contributed by atoms with Crippen molar-refractivity contribution < 1.29 is 28.2 Å². The Bertz CT molecular complexity index is 1210. The number of hydrogen-bond acceptors (Lipinski definition) is 6. The summed E-state index contributed by atoms with van der Waals surface area (Å²) in [5.41, 5.74) is 1.01. The summed E-state index contributed by atoms with van der Waals surface area (Å²) < 4.78 is 31.4. The lowest BCUT2D eigenvalue weighted by molar-refractivity contribution is -0.228. The van der Waals surface area contributed by atoms with Gasteiger partial charge in [0.05, 0.1) is 26.4 Å². The van der Waals surface area contributed by atoms with Crippen LogP contribution in [0.4, 0.5) is 0 Å². The van der Waals surface area contributed by atoms with Gasteiger partial charge < -0.3 is 23.4 Å². The second kappa shape index (κ2) is 17.5. The molecule has 1 heterocycles. The largest absolute Gasteiger partial charge is 0.497 e. The Hall–Kier alpha value is -2.24. The van der Waals surface area contributed by atoms with Gasteiger partial charge in [0.1, 0.15) is 18.0 Å². The molecule has 8 heteroatoms. The number of carbonyl (C=O) groups excluding carboxylic acids is 1. The lowest BCUT2D eigenvalue weighted by Gasteiger charge is -2.47. The first-order valence-electron chi connectivity index (χ1n) is 14.8. The minimum absolute atomic E-state index is 0. The van der Waals surface area contributed by atoms with Crippen LogP contribution < -0.4 is 15.1 Å². The summed E-state index contributed by atoms with van der Waals surface area (Å²) in [6.45, 7) is 13.0. The van der Waals surface area contributed by atoms with E-state index in [1.165, 1.54) is 17.3 Å². The molecule has 0 aliphatic carbocycles. The van der Waals surface area contributed by atoms with Crippen LogP contribution in [0.25, 0.3) is 0 Å². The van der Waals surface area contributed by atoms with Crippen molar-refractivity contribution in [3.8, 4) is 5.75 Å². The maximum Gasteiger partial charge on any atom is 0.303 e. The standard InChI is InChI=1S/C34H44O6Si.CH3I.CH4/c1-24-25(2)39-31(33(40-26(3)35)32(24)37-22-27-18-20-28(36-7)21-19-27)23-38-41(34(4,5)6,29-14-10-8-11-15-29)30-16-12-9-13-17-30;1-2;/h8-21,24-25,31-33H,22-23H2,1-7H3;1H3;1H4/t24?,25-,31?,32?,33+;;/m0../s1. The van der Waals surface area contributed by atoms with Gasteiger partial charge in [0, 0.05) is 12.8 Å². The Labute approximate surface area is 280 Å². The average molecular weight is 735 g/mol. The summed E-state index contributed by atoms with van der Waals surface area (Å²) in [5.74, 6) is 0.427. The number of esters is 1. The average Bonchev–Trinajstić information content (AvgIpc) is 3.01. The summed E-state index contributed by atoms with van der Waals surface area (Å²) in [7, 11) is -1.17. The number of halogens is 1. The highest BCUT2D eigenvalue weighted by atomic mass is 127. The highest BCUT2D eigenvalue weighted by Crippen LogP contribution is 2.38. The Morgan fingerprint density at radius 3 is 1.84 bits per heavy atom. The van der Waals surface area contributed by atoms with Crippen molar-refractivity contribution in [2.24, 2.45) is 5.92 Å². The van der Waals surface area contributed by atoms with Gasteiger partial charge in [0.15, 0.2) is 6.10 Å². The van der Waals surface area contributed by atoms with Gasteiger partial charge in [0.25, 0.3) is 8.32 Å². The fraction of sp³-hybridized carbons (Fsp3) is 0.472. The lowest BCUT2D eigenvalue weighted by atomic mass is 9.88. The number of rotatable bonds is 10. The summed E-state index contributed by atoms with van der Waals surface area (Å²) in [5, 5.41) is 2.18. The molecule has 1 fully saturated rings. The molecule has 0 N–H and O–H groups in total.